The van der Waals surface area contributed by atoms with E-state index >= 15 is 0 Å². The molecule has 0 heteroatoms. The molecule has 0 bridgehead atoms. The minimum atomic E-state index is 0. The molecule has 0 fully saturated rings. The first-order chi connectivity index (χ1) is 8.25. The van der Waals surface area contributed by atoms with Crippen molar-refractivity contribution in [1.82, 2.24) is 0 Å². The Kier molecular flexibility index (Phi) is 3.38. The molecule has 0 saturated heterocycles. The van der Waals surface area contributed by atoms with Crippen molar-refractivity contribution in [2.75, 3.05) is 0 Å². The van der Waals surface area contributed by atoms with Crippen molar-refractivity contribution in [1.29, 1.82) is 0 Å². The summed E-state index contributed by atoms with van der Waals surface area (Å²) >= 11 is 0. The van der Waals surface area contributed by atoms with E-state index in [0.717, 1.165) is 0 Å². The summed E-state index contributed by atoms with van der Waals surface area (Å²) in [5.41, 5.74) is 1.41. The van der Waals surface area contributed by atoms with Crippen LogP contribution in [0.25, 0.3) is 21.5 Å². The van der Waals surface area contributed by atoms with Gasteiger partial charge in [0, 0.05) is 0 Å². The third-order valence-electron chi connectivity index (χ3n) is 3.44. The van der Waals surface area contributed by atoms with Gasteiger partial charge in [-0.15, -0.1) is 0 Å². The van der Waals surface area contributed by atoms with Crippen molar-refractivity contribution in [3.8, 4) is 0 Å². The van der Waals surface area contributed by atoms with Gasteiger partial charge in [0.1, 0.15) is 0 Å². The Morgan fingerprint density at radius 3 is 2.17 bits per heavy atom. The van der Waals surface area contributed by atoms with Crippen molar-refractivity contribution in [2.45, 2.75) is 27.2 Å². The average molecular weight is 236 g/mol. The van der Waals surface area contributed by atoms with Gasteiger partial charge in [0.2, 0.25) is 0 Å². The zero-order valence-corrected chi connectivity index (χ0v) is 10.3. The second-order valence-electron chi connectivity index (χ2n) is 4.92. The Labute approximate surface area is 109 Å². The smallest absolute Gasteiger partial charge is 0.0105 e. The van der Waals surface area contributed by atoms with E-state index in [-0.39, 0.29) is 7.43 Å². The van der Waals surface area contributed by atoms with Gasteiger partial charge in [-0.05, 0) is 33.0 Å². The first kappa shape index (κ1) is 12.6. The predicted molar refractivity (Wildman–Crippen MR) is 82.3 cm³/mol. The standard InChI is InChI=1S/C17H16.CH4/c1-12(2)14-9-10-17-15(11-14)8-7-13-5-3-4-6-16(13)17;/h3-12H,1-2H3;1H4. The van der Waals surface area contributed by atoms with E-state index in [9.17, 15) is 0 Å². The molecule has 0 atom stereocenters. The SMILES string of the molecule is C.CC(C)c1ccc2c(ccc3ccccc32)c1. The Balaban J connectivity index is 0.00000120. The molecule has 0 aliphatic carbocycles. The Morgan fingerprint density at radius 2 is 1.39 bits per heavy atom. The highest BCUT2D eigenvalue weighted by Crippen LogP contribution is 2.27. The van der Waals surface area contributed by atoms with Crippen LogP contribution < -0.4 is 0 Å². The highest BCUT2D eigenvalue weighted by Gasteiger charge is 2.03. The van der Waals surface area contributed by atoms with E-state index in [0.29, 0.717) is 5.92 Å². The topological polar surface area (TPSA) is 0 Å². The minimum absolute atomic E-state index is 0. The monoisotopic (exact) mass is 236 g/mol. The van der Waals surface area contributed by atoms with Gasteiger partial charge in [-0.25, -0.2) is 0 Å². The summed E-state index contributed by atoms with van der Waals surface area (Å²) in [5, 5.41) is 5.36. The Hall–Kier alpha value is -1.82. The van der Waals surface area contributed by atoms with Gasteiger partial charge < -0.3 is 0 Å². The molecule has 3 rings (SSSR count). The lowest BCUT2D eigenvalue weighted by Crippen LogP contribution is -1.87. The number of rotatable bonds is 1. The van der Waals surface area contributed by atoms with Crippen LogP contribution in [-0.4, -0.2) is 0 Å². The summed E-state index contributed by atoms with van der Waals surface area (Å²) in [4.78, 5) is 0. The van der Waals surface area contributed by atoms with E-state index in [1.165, 1.54) is 27.1 Å². The third-order valence-corrected chi connectivity index (χ3v) is 3.44. The fraction of sp³-hybridized carbons (Fsp3) is 0.222. The average Bonchev–Trinajstić information content (AvgIpc) is 2.38. The molecule has 0 unspecified atom stereocenters. The summed E-state index contributed by atoms with van der Waals surface area (Å²) in [6, 6.07) is 19.8. The Bertz CT molecular complexity index is 678. The predicted octanol–water partition coefficient (Wildman–Crippen LogP) is 5.75. The van der Waals surface area contributed by atoms with Crippen LogP contribution in [0.4, 0.5) is 0 Å². The van der Waals surface area contributed by atoms with Crippen molar-refractivity contribution in [3.63, 3.8) is 0 Å². The summed E-state index contributed by atoms with van der Waals surface area (Å²) in [7, 11) is 0. The van der Waals surface area contributed by atoms with Gasteiger partial charge in [-0.1, -0.05) is 75.9 Å². The maximum Gasteiger partial charge on any atom is -0.0105 e. The van der Waals surface area contributed by atoms with Crippen LogP contribution in [0.3, 0.4) is 0 Å². The van der Waals surface area contributed by atoms with Crippen LogP contribution in [0.1, 0.15) is 32.8 Å². The number of hydrogen-bond acceptors (Lipinski definition) is 0. The molecular formula is C18H20. The molecule has 18 heavy (non-hydrogen) atoms. The van der Waals surface area contributed by atoms with Gasteiger partial charge in [0.15, 0.2) is 0 Å². The minimum Gasteiger partial charge on any atom is -0.0776 e. The summed E-state index contributed by atoms with van der Waals surface area (Å²) in [5.74, 6) is 0.589. The van der Waals surface area contributed by atoms with Crippen LogP contribution in [0.15, 0.2) is 54.6 Å². The second-order valence-corrected chi connectivity index (χ2v) is 4.92. The van der Waals surface area contributed by atoms with Crippen LogP contribution >= 0.6 is 0 Å². The van der Waals surface area contributed by atoms with Crippen LogP contribution in [0, 0.1) is 0 Å². The lowest BCUT2D eigenvalue weighted by Gasteiger charge is -2.08. The lowest BCUT2D eigenvalue weighted by molar-refractivity contribution is 0.869. The van der Waals surface area contributed by atoms with Crippen molar-refractivity contribution < 1.29 is 0 Å². The molecule has 0 aromatic heterocycles. The molecule has 0 nitrogen and oxygen atoms in total. The van der Waals surface area contributed by atoms with Gasteiger partial charge in [-0.2, -0.15) is 0 Å². The van der Waals surface area contributed by atoms with Gasteiger partial charge >= 0.3 is 0 Å². The Morgan fingerprint density at radius 1 is 0.722 bits per heavy atom. The zero-order chi connectivity index (χ0) is 11.8. The number of benzene rings is 3. The normalized spacial score (nSPS) is 10.8. The zero-order valence-electron chi connectivity index (χ0n) is 10.3. The van der Waals surface area contributed by atoms with E-state index in [1.807, 2.05) is 0 Å². The maximum atomic E-state index is 2.31. The molecule has 0 spiro atoms. The lowest BCUT2D eigenvalue weighted by atomic mass is 9.96. The fourth-order valence-corrected chi connectivity index (χ4v) is 2.39. The summed E-state index contributed by atoms with van der Waals surface area (Å²) in [6.07, 6.45) is 0. The fourth-order valence-electron chi connectivity index (χ4n) is 2.39. The maximum absolute atomic E-state index is 2.31. The molecule has 0 amide bonds. The number of hydrogen-bond donors (Lipinski definition) is 0. The van der Waals surface area contributed by atoms with E-state index in [2.05, 4.69) is 68.4 Å². The second kappa shape index (κ2) is 4.81. The molecule has 0 saturated carbocycles. The van der Waals surface area contributed by atoms with Crippen molar-refractivity contribution >= 4 is 21.5 Å². The van der Waals surface area contributed by atoms with Crippen LogP contribution in [0.5, 0.6) is 0 Å². The summed E-state index contributed by atoms with van der Waals surface area (Å²) < 4.78 is 0. The van der Waals surface area contributed by atoms with E-state index in [1.54, 1.807) is 0 Å². The van der Waals surface area contributed by atoms with Crippen molar-refractivity contribution in [2.24, 2.45) is 0 Å². The van der Waals surface area contributed by atoms with Crippen molar-refractivity contribution in [3.05, 3.63) is 60.2 Å². The van der Waals surface area contributed by atoms with Gasteiger partial charge in [0.05, 0.1) is 0 Å². The molecule has 3 aromatic carbocycles. The van der Waals surface area contributed by atoms with Crippen LogP contribution in [0.2, 0.25) is 0 Å². The molecule has 0 radical (unpaired) electrons. The molecule has 0 aliphatic rings. The highest BCUT2D eigenvalue weighted by atomic mass is 14.1. The van der Waals surface area contributed by atoms with Crippen LogP contribution in [-0.2, 0) is 0 Å². The molecule has 0 aliphatic heterocycles. The first-order valence-electron chi connectivity index (χ1n) is 6.17. The van der Waals surface area contributed by atoms with E-state index < -0.39 is 0 Å². The highest BCUT2D eigenvalue weighted by molar-refractivity contribution is 6.07. The molecule has 0 heterocycles. The molecular weight excluding hydrogens is 216 g/mol. The van der Waals surface area contributed by atoms with Gasteiger partial charge in [0.25, 0.3) is 0 Å². The molecule has 0 N–H and O–H groups in total. The largest absolute Gasteiger partial charge is 0.0776 e. The van der Waals surface area contributed by atoms with Gasteiger partial charge in [-0.3, -0.25) is 0 Å². The molecule has 92 valence electrons. The number of fused-ring (bicyclic) bond motifs is 3. The van der Waals surface area contributed by atoms with E-state index in [4.69, 9.17) is 0 Å². The first-order valence-corrected chi connectivity index (χ1v) is 6.17. The molecule has 3 aromatic rings. The summed E-state index contributed by atoms with van der Waals surface area (Å²) in [6.45, 7) is 4.48. The third kappa shape index (κ3) is 1.99. The quantitative estimate of drug-likeness (QED) is 0.472.